The van der Waals surface area contributed by atoms with Crippen LogP contribution in [-0.2, 0) is 22.6 Å². The van der Waals surface area contributed by atoms with Crippen LogP contribution in [0.15, 0.2) is 48.5 Å². The maximum Gasteiger partial charge on any atom is 0.386 e. The van der Waals surface area contributed by atoms with Gasteiger partial charge in [0.2, 0.25) is 0 Å². The third kappa shape index (κ3) is 6.03. The molecule has 0 N–H and O–H groups in total. The molecule has 0 aliphatic heterocycles. The highest BCUT2D eigenvalue weighted by Gasteiger charge is 2.14. The second-order valence-corrected chi connectivity index (χ2v) is 6.34. The summed E-state index contributed by atoms with van der Waals surface area (Å²) in [4.78, 5) is 33.3. The van der Waals surface area contributed by atoms with E-state index in [0.29, 0.717) is 11.1 Å². The topological polar surface area (TPSA) is 52.6 Å². The van der Waals surface area contributed by atoms with Crippen LogP contribution in [-0.4, -0.2) is 11.9 Å². The van der Waals surface area contributed by atoms with Gasteiger partial charge in [0.05, 0.1) is 11.1 Å². The third-order valence-corrected chi connectivity index (χ3v) is 4.21. The molecule has 0 aliphatic carbocycles. The summed E-state index contributed by atoms with van der Waals surface area (Å²) in [5.74, 6) is -1.36. The molecule has 0 atom stereocenters. The van der Waals surface area contributed by atoms with Crippen molar-refractivity contribution in [3.05, 3.63) is 70.8 Å². The Balaban J connectivity index is 1.85. The van der Waals surface area contributed by atoms with E-state index in [2.05, 4.69) is 23.6 Å². The van der Waals surface area contributed by atoms with Crippen molar-refractivity contribution in [2.45, 2.75) is 52.4 Å². The summed E-state index contributed by atoms with van der Waals surface area (Å²) in [6, 6.07) is 14.3. The highest BCUT2D eigenvalue weighted by molar-refractivity contribution is 5.92. The van der Waals surface area contributed by atoms with Gasteiger partial charge in [-0.2, -0.15) is 0 Å². The van der Waals surface area contributed by atoms with Crippen molar-refractivity contribution >= 4 is 11.9 Å². The van der Waals surface area contributed by atoms with Crippen LogP contribution in [0.4, 0.5) is 0 Å². The predicted octanol–water partition coefficient (Wildman–Crippen LogP) is 5.30. The summed E-state index contributed by atoms with van der Waals surface area (Å²) < 4.78 is 0. The minimum Gasteiger partial charge on any atom is -0.242 e. The zero-order chi connectivity index (χ0) is 18.8. The van der Waals surface area contributed by atoms with E-state index in [-0.39, 0.29) is 0 Å². The van der Waals surface area contributed by atoms with Crippen molar-refractivity contribution in [2.75, 3.05) is 0 Å². The first-order chi connectivity index (χ1) is 12.6. The van der Waals surface area contributed by atoms with Crippen LogP contribution in [0.25, 0.3) is 0 Å². The van der Waals surface area contributed by atoms with Crippen LogP contribution in [0.3, 0.4) is 0 Å². The first-order valence-electron chi connectivity index (χ1n) is 9.25. The Morgan fingerprint density at radius 1 is 0.654 bits per heavy atom. The molecule has 0 bridgehead atoms. The second-order valence-electron chi connectivity index (χ2n) is 6.34. The fourth-order valence-electron chi connectivity index (χ4n) is 2.55. The van der Waals surface area contributed by atoms with Crippen LogP contribution < -0.4 is 0 Å². The van der Waals surface area contributed by atoms with Gasteiger partial charge in [0, 0.05) is 0 Å². The summed E-state index contributed by atoms with van der Waals surface area (Å²) in [5.41, 5.74) is 3.05. The van der Waals surface area contributed by atoms with Crippen molar-refractivity contribution in [1.29, 1.82) is 0 Å². The molecular formula is C22H26O4. The van der Waals surface area contributed by atoms with Crippen molar-refractivity contribution in [3.8, 4) is 0 Å². The zero-order valence-corrected chi connectivity index (χ0v) is 15.5. The van der Waals surface area contributed by atoms with E-state index >= 15 is 0 Å². The van der Waals surface area contributed by atoms with Crippen LogP contribution in [0.2, 0.25) is 0 Å². The first-order valence-corrected chi connectivity index (χ1v) is 9.25. The Bertz CT molecular complexity index is 638. The zero-order valence-electron chi connectivity index (χ0n) is 15.5. The van der Waals surface area contributed by atoms with E-state index in [9.17, 15) is 9.59 Å². The van der Waals surface area contributed by atoms with Gasteiger partial charge in [-0.3, -0.25) is 0 Å². The minimum absolute atomic E-state index is 0.355. The maximum atomic E-state index is 12.0. The van der Waals surface area contributed by atoms with Gasteiger partial charge in [0.25, 0.3) is 0 Å². The molecule has 0 fully saturated rings. The summed E-state index contributed by atoms with van der Waals surface area (Å²) in [5, 5.41) is 0. The summed E-state index contributed by atoms with van der Waals surface area (Å²) in [6.07, 6.45) is 6.43. The van der Waals surface area contributed by atoms with E-state index in [1.807, 2.05) is 24.3 Å². The smallest absolute Gasteiger partial charge is 0.242 e. The van der Waals surface area contributed by atoms with Gasteiger partial charge in [0.1, 0.15) is 0 Å². The number of carbonyl (C=O) groups is 2. The quantitative estimate of drug-likeness (QED) is 0.477. The van der Waals surface area contributed by atoms with Gasteiger partial charge in [-0.15, -0.1) is 0 Å². The lowest BCUT2D eigenvalue weighted by atomic mass is 10.1. The average molecular weight is 354 g/mol. The number of unbranched alkanes of at least 4 members (excludes halogenated alkanes) is 2. The fraction of sp³-hybridized carbons (Fsp3) is 0.364. The van der Waals surface area contributed by atoms with Gasteiger partial charge in [-0.25, -0.2) is 19.4 Å². The molecule has 2 aromatic carbocycles. The van der Waals surface area contributed by atoms with E-state index in [4.69, 9.17) is 0 Å². The Kier molecular flexibility index (Phi) is 7.87. The fourth-order valence-corrected chi connectivity index (χ4v) is 2.55. The molecule has 0 unspecified atom stereocenters. The summed E-state index contributed by atoms with van der Waals surface area (Å²) >= 11 is 0. The molecule has 4 heteroatoms. The Morgan fingerprint density at radius 3 is 1.31 bits per heavy atom. The van der Waals surface area contributed by atoms with Crippen molar-refractivity contribution in [3.63, 3.8) is 0 Å². The molecule has 0 heterocycles. The van der Waals surface area contributed by atoms with E-state index in [1.165, 1.54) is 11.1 Å². The standard InChI is InChI=1S/C22H26O4/c1-3-5-7-17-9-13-19(14-10-17)21(23)25-26-22(24)20-15-11-18(12-16-20)8-6-4-2/h9-16H,3-8H2,1-2H3. The van der Waals surface area contributed by atoms with Gasteiger partial charge in [-0.05, 0) is 61.1 Å². The number of rotatable bonds is 8. The van der Waals surface area contributed by atoms with Crippen molar-refractivity contribution in [2.24, 2.45) is 0 Å². The molecule has 0 saturated carbocycles. The monoisotopic (exact) mass is 354 g/mol. The Labute approximate surface area is 155 Å². The van der Waals surface area contributed by atoms with Crippen LogP contribution in [0.5, 0.6) is 0 Å². The predicted molar refractivity (Wildman–Crippen MR) is 101 cm³/mol. The molecule has 2 rings (SSSR count). The lowest BCUT2D eigenvalue weighted by Crippen LogP contribution is -2.12. The minimum atomic E-state index is -0.681. The molecule has 4 nitrogen and oxygen atoms in total. The lowest BCUT2D eigenvalue weighted by Gasteiger charge is -2.05. The molecule has 0 aromatic heterocycles. The number of carbonyl (C=O) groups excluding carboxylic acids is 2. The lowest BCUT2D eigenvalue weighted by molar-refractivity contribution is -0.187. The maximum absolute atomic E-state index is 12.0. The molecule has 0 spiro atoms. The number of benzene rings is 2. The molecule has 2 aromatic rings. The highest BCUT2D eigenvalue weighted by atomic mass is 17.2. The molecule has 26 heavy (non-hydrogen) atoms. The molecule has 0 amide bonds. The first kappa shape index (κ1) is 19.7. The average Bonchev–Trinajstić information content (AvgIpc) is 2.69. The molecule has 138 valence electrons. The number of hydrogen-bond acceptors (Lipinski definition) is 4. The largest absolute Gasteiger partial charge is 0.386 e. The normalized spacial score (nSPS) is 10.4. The van der Waals surface area contributed by atoms with E-state index < -0.39 is 11.9 Å². The van der Waals surface area contributed by atoms with Gasteiger partial charge in [0.15, 0.2) is 0 Å². The SMILES string of the molecule is CCCCc1ccc(C(=O)OOC(=O)c2ccc(CCCC)cc2)cc1. The molecule has 0 saturated heterocycles. The van der Waals surface area contributed by atoms with Crippen LogP contribution in [0.1, 0.15) is 71.4 Å². The summed E-state index contributed by atoms with van der Waals surface area (Å²) in [7, 11) is 0. The Hall–Kier alpha value is -2.62. The van der Waals surface area contributed by atoms with Crippen molar-refractivity contribution in [1.82, 2.24) is 0 Å². The Morgan fingerprint density at radius 2 is 1.00 bits per heavy atom. The van der Waals surface area contributed by atoms with Gasteiger partial charge < -0.3 is 0 Å². The van der Waals surface area contributed by atoms with Gasteiger partial charge in [-0.1, -0.05) is 51.0 Å². The second kappa shape index (κ2) is 10.4. The molecular weight excluding hydrogens is 328 g/mol. The van der Waals surface area contributed by atoms with Crippen LogP contribution in [0, 0.1) is 0 Å². The number of hydrogen-bond donors (Lipinski definition) is 0. The molecule has 0 radical (unpaired) electrons. The number of aryl methyl sites for hydroxylation is 2. The van der Waals surface area contributed by atoms with E-state index in [0.717, 1.165) is 38.5 Å². The highest BCUT2D eigenvalue weighted by Crippen LogP contribution is 2.11. The van der Waals surface area contributed by atoms with Crippen molar-refractivity contribution < 1.29 is 19.4 Å². The van der Waals surface area contributed by atoms with E-state index in [1.54, 1.807) is 24.3 Å². The summed E-state index contributed by atoms with van der Waals surface area (Å²) in [6.45, 7) is 4.28. The third-order valence-electron chi connectivity index (χ3n) is 4.21. The molecule has 0 aliphatic rings. The van der Waals surface area contributed by atoms with Crippen LogP contribution >= 0.6 is 0 Å². The van der Waals surface area contributed by atoms with Gasteiger partial charge >= 0.3 is 11.9 Å².